The van der Waals surface area contributed by atoms with Crippen molar-refractivity contribution < 1.29 is 14.3 Å². The van der Waals surface area contributed by atoms with E-state index in [9.17, 15) is 4.79 Å². The molecule has 1 unspecified atom stereocenters. The first-order valence-corrected chi connectivity index (χ1v) is 9.40. The van der Waals surface area contributed by atoms with E-state index in [0.29, 0.717) is 16.5 Å². The van der Waals surface area contributed by atoms with Gasteiger partial charge < -0.3 is 9.47 Å². The molecule has 1 aliphatic heterocycles. The van der Waals surface area contributed by atoms with E-state index in [4.69, 9.17) is 9.47 Å². The molecule has 3 heterocycles. The molecule has 1 fully saturated rings. The molecule has 27 heavy (non-hydrogen) atoms. The number of nitrogens with zero attached hydrogens (tertiary/aromatic N) is 4. The molecule has 1 aromatic carbocycles. The van der Waals surface area contributed by atoms with Crippen molar-refractivity contribution >= 4 is 22.4 Å². The first-order valence-electron chi connectivity index (χ1n) is 8.59. The number of hydrogen-bond acceptors (Lipinski definition) is 7. The number of aryl methyl sites for hydroxylation is 1. The summed E-state index contributed by atoms with van der Waals surface area (Å²) in [4.78, 5) is 12.6. The molecular weight excluding hydrogens is 366 g/mol. The van der Waals surface area contributed by atoms with Crippen molar-refractivity contribution in [2.75, 3.05) is 19.0 Å². The standard InChI is InChI=1S/C18H19N5O3S/c1-23-14(10-13(22-23)11-5-7-12(25-2)8-6-11)16(24)19-18-21-20-17(27-18)15-4-3-9-26-15/h5-8,10,15H,3-4,9H2,1-2H3,(H,19,21,24). The predicted molar refractivity (Wildman–Crippen MR) is 101 cm³/mol. The van der Waals surface area contributed by atoms with Crippen LogP contribution in [0.2, 0.25) is 0 Å². The van der Waals surface area contributed by atoms with Gasteiger partial charge in [-0.3, -0.25) is 14.8 Å². The Bertz CT molecular complexity index is 944. The number of hydrogen-bond donors (Lipinski definition) is 1. The largest absolute Gasteiger partial charge is 0.497 e. The molecule has 9 heteroatoms. The lowest BCUT2D eigenvalue weighted by Crippen LogP contribution is -2.15. The van der Waals surface area contributed by atoms with Crippen LogP contribution in [0.25, 0.3) is 11.3 Å². The molecule has 0 radical (unpaired) electrons. The summed E-state index contributed by atoms with van der Waals surface area (Å²) in [5.74, 6) is 0.491. The fourth-order valence-electron chi connectivity index (χ4n) is 2.93. The molecule has 0 saturated carbocycles. The lowest BCUT2D eigenvalue weighted by molar-refractivity contribution is 0.101. The summed E-state index contributed by atoms with van der Waals surface area (Å²) in [7, 11) is 3.36. The monoisotopic (exact) mass is 385 g/mol. The molecule has 1 amide bonds. The average Bonchev–Trinajstić information content (AvgIpc) is 3.42. The normalized spacial score (nSPS) is 16.4. The zero-order chi connectivity index (χ0) is 18.8. The molecule has 8 nitrogen and oxygen atoms in total. The lowest BCUT2D eigenvalue weighted by atomic mass is 10.1. The van der Waals surface area contributed by atoms with E-state index in [1.165, 1.54) is 11.3 Å². The number of amides is 1. The number of carbonyl (C=O) groups excluding carboxylic acids is 1. The van der Waals surface area contributed by atoms with Gasteiger partial charge in [-0.1, -0.05) is 11.3 Å². The SMILES string of the molecule is COc1ccc(-c2cc(C(=O)Nc3nnc(C4CCCO4)s3)n(C)n2)cc1. The summed E-state index contributed by atoms with van der Waals surface area (Å²) >= 11 is 1.34. The van der Waals surface area contributed by atoms with Crippen LogP contribution in [-0.4, -0.2) is 39.6 Å². The van der Waals surface area contributed by atoms with E-state index in [0.717, 1.165) is 35.8 Å². The molecule has 4 rings (SSSR count). The van der Waals surface area contributed by atoms with Gasteiger partial charge in [-0.2, -0.15) is 5.10 Å². The summed E-state index contributed by atoms with van der Waals surface area (Å²) < 4.78 is 12.3. The second-order valence-corrected chi connectivity index (χ2v) is 7.18. The van der Waals surface area contributed by atoms with E-state index < -0.39 is 0 Å². The van der Waals surface area contributed by atoms with Crippen molar-refractivity contribution in [3.05, 3.63) is 41.0 Å². The van der Waals surface area contributed by atoms with Crippen LogP contribution in [0.3, 0.4) is 0 Å². The minimum atomic E-state index is -0.278. The third-order valence-electron chi connectivity index (χ3n) is 4.36. The van der Waals surface area contributed by atoms with Crippen molar-refractivity contribution in [1.29, 1.82) is 0 Å². The second kappa shape index (κ2) is 7.45. The highest BCUT2D eigenvalue weighted by Gasteiger charge is 2.23. The maximum Gasteiger partial charge on any atom is 0.275 e. The average molecular weight is 385 g/mol. The molecular formula is C18H19N5O3S. The molecule has 1 N–H and O–H groups in total. The van der Waals surface area contributed by atoms with Gasteiger partial charge in [0, 0.05) is 19.2 Å². The van der Waals surface area contributed by atoms with Crippen LogP contribution >= 0.6 is 11.3 Å². The summed E-state index contributed by atoms with van der Waals surface area (Å²) in [5.41, 5.74) is 2.05. The van der Waals surface area contributed by atoms with E-state index >= 15 is 0 Å². The minimum absolute atomic E-state index is 0.00784. The highest BCUT2D eigenvalue weighted by atomic mass is 32.1. The number of rotatable bonds is 5. The molecule has 0 aliphatic carbocycles. The number of anilines is 1. The van der Waals surface area contributed by atoms with Gasteiger partial charge in [0.15, 0.2) is 0 Å². The number of aromatic nitrogens is 4. The predicted octanol–water partition coefficient (Wildman–Crippen LogP) is 3.05. The molecule has 3 aromatic rings. The summed E-state index contributed by atoms with van der Waals surface area (Å²) in [6, 6.07) is 9.28. The quantitative estimate of drug-likeness (QED) is 0.726. The lowest BCUT2D eigenvalue weighted by Gasteiger charge is -2.02. The zero-order valence-corrected chi connectivity index (χ0v) is 15.8. The van der Waals surface area contributed by atoms with Gasteiger partial charge in [0.25, 0.3) is 5.91 Å². The topological polar surface area (TPSA) is 91.2 Å². The Hall–Kier alpha value is -2.78. The molecule has 140 valence electrons. The van der Waals surface area contributed by atoms with Crippen molar-refractivity contribution in [3.63, 3.8) is 0 Å². The number of ether oxygens (including phenoxy) is 2. The van der Waals surface area contributed by atoms with E-state index in [2.05, 4.69) is 20.6 Å². The van der Waals surface area contributed by atoms with E-state index in [-0.39, 0.29) is 12.0 Å². The van der Waals surface area contributed by atoms with Gasteiger partial charge in [0.05, 0.1) is 12.8 Å². The number of benzene rings is 1. The van der Waals surface area contributed by atoms with Crippen molar-refractivity contribution in [2.45, 2.75) is 18.9 Å². The Balaban J connectivity index is 1.49. The summed E-state index contributed by atoms with van der Waals surface area (Å²) in [6.07, 6.45) is 1.96. The van der Waals surface area contributed by atoms with Gasteiger partial charge >= 0.3 is 0 Å². The number of methoxy groups -OCH3 is 1. The van der Waals surface area contributed by atoms with Crippen LogP contribution in [0.4, 0.5) is 5.13 Å². The highest BCUT2D eigenvalue weighted by Crippen LogP contribution is 2.32. The van der Waals surface area contributed by atoms with Crippen LogP contribution in [0, 0.1) is 0 Å². The van der Waals surface area contributed by atoms with Crippen LogP contribution in [-0.2, 0) is 11.8 Å². The Kier molecular flexibility index (Phi) is 4.87. The van der Waals surface area contributed by atoms with Gasteiger partial charge in [-0.25, -0.2) is 0 Å². The van der Waals surface area contributed by atoms with E-state index in [1.807, 2.05) is 24.3 Å². The summed E-state index contributed by atoms with van der Waals surface area (Å²) in [6.45, 7) is 0.745. The van der Waals surface area contributed by atoms with Crippen molar-refractivity contribution in [3.8, 4) is 17.0 Å². The van der Waals surface area contributed by atoms with E-state index in [1.54, 1.807) is 24.9 Å². The number of nitrogens with one attached hydrogen (secondary N) is 1. The molecule has 0 spiro atoms. The summed E-state index contributed by atoms with van der Waals surface area (Å²) in [5, 5.41) is 16.7. The van der Waals surface area contributed by atoms with Crippen LogP contribution in [0.1, 0.15) is 34.4 Å². The zero-order valence-electron chi connectivity index (χ0n) is 15.0. The molecule has 1 saturated heterocycles. The first kappa shape index (κ1) is 17.6. The maximum atomic E-state index is 12.6. The number of carbonyl (C=O) groups is 1. The van der Waals surface area contributed by atoms with Crippen LogP contribution in [0.15, 0.2) is 30.3 Å². The molecule has 1 atom stereocenters. The fraction of sp³-hybridized carbons (Fsp3) is 0.333. The van der Waals surface area contributed by atoms with Gasteiger partial charge in [-0.15, -0.1) is 10.2 Å². The Morgan fingerprint density at radius 1 is 1.33 bits per heavy atom. The molecule has 0 bridgehead atoms. The second-order valence-electron chi connectivity index (χ2n) is 6.17. The highest BCUT2D eigenvalue weighted by molar-refractivity contribution is 7.15. The minimum Gasteiger partial charge on any atom is -0.497 e. The smallest absolute Gasteiger partial charge is 0.275 e. The molecule has 2 aromatic heterocycles. The third-order valence-corrected chi connectivity index (χ3v) is 5.30. The Morgan fingerprint density at radius 3 is 2.85 bits per heavy atom. The third kappa shape index (κ3) is 3.69. The maximum absolute atomic E-state index is 12.6. The van der Waals surface area contributed by atoms with Gasteiger partial charge in [0.1, 0.15) is 22.6 Å². The fourth-order valence-corrected chi connectivity index (χ4v) is 3.75. The van der Waals surface area contributed by atoms with Crippen LogP contribution < -0.4 is 10.1 Å². The molecule has 1 aliphatic rings. The Morgan fingerprint density at radius 2 is 2.15 bits per heavy atom. The Labute approximate surface area is 160 Å². The van der Waals surface area contributed by atoms with Crippen LogP contribution in [0.5, 0.6) is 5.75 Å². The van der Waals surface area contributed by atoms with Gasteiger partial charge in [-0.05, 0) is 43.2 Å². The first-order chi connectivity index (χ1) is 13.1. The van der Waals surface area contributed by atoms with Crippen molar-refractivity contribution in [2.24, 2.45) is 7.05 Å². The van der Waals surface area contributed by atoms with Gasteiger partial charge in [0.2, 0.25) is 5.13 Å². The van der Waals surface area contributed by atoms with Crippen molar-refractivity contribution in [1.82, 2.24) is 20.0 Å².